The van der Waals surface area contributed by atoms with Crippen molar-refractivity contribution in [2.45, 2.75) is 12.3 Å². The minimum Gasteiger partial charge on any atom is -0.366 e. The normalized spacial score (nSPS) is 23.8. The van der Waals surface area contributed by atoms with Crippen molar-refractivity contribution in [2.75, 3.05) is 24.5 Å². The molecular weight excluding hydrogens is 460 g/mol. The van der Waals surface area contributed by atoms with Crippen LogP contribution in [-0.2, 0) is 5.41 Å². The summed E-state index contributed by atoms with van der Waals surface area (Å²) in [6, 6.07) is 4.87. The van der Waals surface area contributed by atoms with Crippen LogP contribution in [0.1, 0.15) is 21.1 Å². The highest BCUT2D eigenvalue weighted by molar-refractivity contribution is 7.09. The van der Waals surface area contributed by atoms with Crippen molar-refractivity contribution in [1.82, 2.24) is 25.1 Å². The van der Waals surface area contributed by atoms with Gasteiger partial charge in [0.1, 0.15) is 22.0 Å². The van der Waals surface area contributed by atoms with Crippen LogP contribution in [0.15, 0.2) is 29.8 Å². The van der Waals surface area contributed by atoms with Crippen molar-refractivity contribution in [3.05, 3.63) is 51.1 Å². The molecule has 1 aliphatic heterocycles. The number of fused-ring (bicyclic) bond motifs is 2. The number of H-pyrrole nitrogens is 1. The van der Waals surface area contributed by atoms with Crippen LogP contribution in [-0.4, -0.2) is 50.7 Å². The number of hydrogen-bond acceptors (Lipinski definition) is 8. The lowest BCUT2D eigenvalue weighted by atomic mass is 10.0. The van der Waals surface area contributed by atoms with Crippen LogP contribution in [0.5, 0.6) is 0 Å². The number of nitrogens with zero attached hydrogens (tertiary/aromatic N) is 5. The third kappa shape index (κ3) is 2.98. The standard InChI is InChI=1S/C22H21ClN8OS/c1-10-8-33-21(27-10)22(9-24)13-6-31(7-14(13)22)16-5-26-18-17(29-30-20(18)28-16)12-3-2-11(19(25)32)4-15(12)23/h2-5,8,13-14H,6-7,9,24H2,1H3,(H2,25,32)(H,28,29,30)/t13-,14+,22-. The van der Waals surface area contributed by atoms with E-state index in [1.54, 1.807) is 29.7 Å². The Hall–Kier alpha value is -3.08. The molecule has 0 spiro atoms. The Morgan fingerprint density at radius 3 is 2.76 bits per heavy atom. The van der Waals surface area contributed by atoms with E-state index in [0.29, 0.717) is 51.4 Å². The summed E-state index contributed by atoms with van der Waals surface area (Å²) in [6.07, 6.45) is 1.77. The van der Waals surface area contributed by atoms with Crippen LogP contribution in [0.2, 0.25) is 5.02 Å². The van der Waals surface area contributed by atoms with Crippen LogP contribution in [0.4, 0.5) is 5.82 Å². The van der Waals surface area contributed by atoms with Gasteiger partial charge in [-0.3, -0.25) is 9.89 Å². The number of rotatable bonds is 5. The maximum absolute atomic E-state index is 11.4. The number of thiazole rings is 1. The van der Waals surface area contributed by atoms with Gasteiger partial charge in [0.05, 0.1) is 11.2 Å². The second kappa shape index (κ2) is 7.21. The molecule has 5 N–H and O–H groups in total. The number of hydrogen-bond donors (Lipinski definition) is 3. The molecule has 168 valence electrons. The molecule has 2 fully saturated rings. The second-order valence-electron chi connectivity index (χ2n) is 8.71. The van der Waals surface area contributed by atoms with Gasteiger partial charge in [0.25, 0.3) is 0 Å². The predicted molar refractivity (Wildman–Crippen MR) is 127 cm³/mol. The van der Waals surface area contributed by atoms with E-state index in [0.717, 1.165) is 29.6 Å². The average molecular weight is 481 g/mol. The highest BCUT2D eigenvalue weighted by atomic mass is 35.5. The molecule has 0 unspecified atom stereocenters. The molecule has 4 heterocycles. The third-order valence-corrected chi connectivity index (χ3v) is 8.45. The van der Waals surface area contributed by atoms with E-state index < -0.39 is 5.91 Å². The van der Waals surface area contributed by atoms with Crippen molar-refractivity contribution >= 4 is 45.8 Å². The van der Waals surface area contributed by atoms with Gasteiger partial charge in [-0.1, -0.05) is 17.7 Å². The van der Waals surface area contributed by atoms with Crippen LogP contribution in [0.3, 0.4) is 0 Å². The quantitative estimate of drug-likeness (QED) is 0.398. The van der Waals surface area contributed by atoms with E-state index in [-0.39, 0.29) is 5.41 Å². The molecule has 1 aliphatic carbocycles. The van der Waals surface area contributed by atoms with Gasteiger partial charge in [0.2, 0.25) is 5.91 Å². The number of amides is 1. The van der Waals surface area contributed by atoms with Crippen LogP contribution in [0.25, 0.3) is 22.4 Å². The van der Waals surface area contributed by atoms with Gasteiger partial charge in [-0.05, 0) is 30.9 Å². The van der Waals surface area contributed by atoms with Gasteiger partial charge in [0.15, 0.2) is 5.65 Å². The number of carbonyl (C=O) groups is 1. The van der Waals surface area contributed by atoms with E-state index in [1.807, 2.05) is 6.92 Å². The molecule has 9 nitrogen and oxygen atoms in total. The molecule has 0 bridgehead atoms. The van der Waals surface area contributed by atoms with Gasteiger partial charge in [-0.2, -0.15) is 5.10 Å². The van der Waals surface area contributed by atoms with Gasteiger partial charge in [0, 0.05) is 47.3 Å². The minimum absolute atomic E-state index is 0.00192. The zero-order valence-corrected chi connectivity index (χ0v) is 19.3. The maximum atomic E-state index is 11.4. The van der Waals surface area contributed by atoms with Gasteiger partial charge >= 0.3 is 0 Å². The zero-order valence-electron chi connectivity index (χ0n) is 17.7. The highest BCUT2D eigenvalue weighted by Gasteiger charge is 2.69. The van der Waals surface area contributed by atoms with Crippen molar-refractivity contribution < 1.29 is 4.79 Å². The number of aromatic amines is 1. The highest BCUT2D eigenvalue weighted by Crippen LogP contribution is 2.63. The lowest BCUT2D eigenvalue weighted by Gasteiger charge is -2.25. The Balaban J connectivity index is 1.26. The molecule has 0 radical (unpaired) electrons. The molecule has 6 rings (SSSR count). The number of anilines is 1. The topological polar surface area (TPSA) is 140 Å². The summed E-state index contributed by atoms with van der Waals surface area (Å²) in [4.78, 5) is 27.8. The molecule has 33 heavy (non-hydrogen) atoms. The molecule has 1 saturated heterocycles. The number of nitrogens with one attached hydrogen (secondary N) is 1. The fraction of sp³-hybridized carbons (Fsp3) is 0.318. The van der Waals surface area contributed by atoms with E-state index in [1.165, 1.54) is 6.07 Å². The van der Waals surface area contributed by atoms with Gasteiger partial charge in [-0.15, -0.1) is 11.3 Å². The first-order chi connectivity index (χ1) is 15.9. The molecule has 1 amide bonds. The van der Waals surface area contributed by atoms with Crippen LogP contribution >= 0.6 is 22.9 Å². The molecule has 1 saturated carbocycles. The Morgan fingerprint density at radius 2 is 2.12 bits per heavy atom. The fourth-order valence-corrected chi connectivity index (χ4v) is 6.60. The number of piperidine rings is 1. The Labute approximate surface area is 198 Å². The Morgan fingerprint density at radius 1 is 1.33 bits per heavy atom. The lowest BCUT2D eigenvalue weighted by molar-refractivity contribution is 0.100. The van der Waals surface area contributed by atoms with Gasteiger partial charge in [-0.25, -0.2) is 15.0 Å². The average Bonchev–Trinajstić information content (AvgIpc) is 3.28. The molecule has 3 aromatic heterocycles. The SMILES string of the molecule is Cc1csc([C@]2(CN)[C@@H]3CN(c4cnc5c(-c6ccc(C(N)=O)cc6Cl)n[nH]c5n4)C[C@@H]32)n1. The van der Waals surface area contributed by atoms with E-state index in [9.17, 15) is 4.79 Å². The maximum Gasteiger partial charge on any atom is 0.248 e. The minimum atomic E-state index is -0.535. The summed E-state index contributed by atoms with van der Waals surface area (Å²) in [5.41, 5.74) is 15.4. The van der Waals surface area contributed by atoms with Crippen LogP contribution in [0, 0.1) is 18.8 Å². The van der Waals surface area contributed by atoms with E-state index in [2.05, 4.69) is 25.5 Å². The lowest BCUT2D eigenvalue weighted by Crippen LogP contribution is -2.35. The number of carbonyl (C=O) groups excluding carboxylic acids is 1. The summed E-state index contributed by atoms with van der Waals surface area (Å²) < 4.78 is 0. The third-order valence-electron chi connectivity index (χ3n) is 6.98. The monoisotopic (exact) mass is 480 g/mol. The first-order valence-electron chi connectivity index (χ1n) is 10.6. The number of primary amides is 1. The first kappa shape index (κ1) is 20.5. The summed E-state index contributed by atoms with van der Waals surface area (Å²) >= 11 is 8.10. The number of benzene rings is 1. The van der Waals surface area contributed by atoms with Crippen molar-refractivity contribution in [3.8, 4) is 11.3 Å². The van der Waals surface area contributed by atoms with Crippen molar-refractivity contribution in [3.63, 3.8) is 0 Å². The number of halogens is 1. The largest absolute Gasteiger partial charge is 0.366 e. The molecule has 1 aromatic carbocycles. The van der Waals surface area contributed by atoms with Crippen LogP contribution < -0.4 is 16.4 Å². The van der Waals surface area contributed by atoms with Gasteiger partial charge < -0.3 is 16.4 Å². The molecule has 4 aromatic rings. The molecule has 3 atom stereocenters. The van der Waals surface area contributed by atoms with Crippen molar-refractivity contribution in [2.24, 2.45) is 23.3 Å². The second-order valence-corrected chi connectivity index (χ2v) is 9.98. The number of nitrogens with two attached hydrogens (primary N) is 2. The molecular formula is C22H21ClN8OS. The predicted octanol–water partition coefficient (Wildman–Crippen LogP) is 2.50. The summed E-state index contributed by atoms with van der Waals surface area (Å²) in [5, 5.41) is 11.0. The smallest absolute Gasteiger partial charge is 0.248 e. The summed E-state index contributed by atoms with van der Waals surface area (Å²) in [7, 11) is 0. The Kier molecular flexibility index (Phi) is 4.48. The molecule has 2 aliphatic rings. The number of aromatic nitrogens is 5. The summed E-state index contributed by atoms with van der Waals surface area (Å²) in [6.45, 7) is 4.40. The number of aryl methyl sites for hydroxylation is 1. The van der Waals surface area contributed by atoms with E-state index >= 15 is 0 Å². The summed E-state index contributed by atoms with van der Waals surface area (Å²) in [5.74, 6) is 1.23. The van der Waals surface area contributed by atoms with E-state index in [4.69, 9.17) is 33.0 Å². The van der Waals surface area contributed by atoms with Crippen molar-refractivity contribution in [1.29, 1.82) is 0 Å². The zero-order chi connectivity index (χ0) is 22.9. The fourth-order valence-electron chi connectivity index (χ4n) is 5.19. The Bertz CT molecular complexity index is 1400. The molecule has 11 heteroatoms. The first-order valence-corrected chi connectivity index (χ1v) is 11.9.